The summed E-state index contributed by atoms with van der Waals surface area (Å²) < 4.78 is 1.95. The molecule has 2 aromatic rings. The molecular formula is C19H26N4O. The minimum Gasteiger partial charge on any atom is -0.356 e. The number of carbonyl (C=O) groups is 1. The second-order valence-corrected chi connectivity index (χ2v) is 6.89. The van der Waals surface area contributed by atoms with E-state index in [1.165, 1.54) is 16.7 Å². The number of aryl methyl sites for hydroxylation is 2. The van der Waals surface area contributed by atoms with Gasteiger partial charge in [0.2, 0.25) is 5.91 Å². The van der Waals surface area contributed by atoms with Crippen molar-refractivity contribution in [1.29, 1.82) is 0 Å². The molecule has 0 radical (unpaired) electrons. The molecule has 1 aromatic heterocycles. The molecule has 0 spiro atoms. The molecule has 2 heterocycles. The van der Waals surface area contributed by atoms with Crippen LogP contribution < -0.4 is 5.32 Å². The predicted octanol–water partition coefficient (Wildman–Crippen LogP) is 2.45. The average molecular weight is 326 g/mol. The number of hydrogen-bond donors (Lipinski definition) is 1. The second kappa shape index (κ2) is 7.18. The van der Waals surface area contributed by atoms with Crippen LogP contribution in [0.2, 0.25) is 0 Å². The summed E-state index contributed by atoms with van der Waals surface area (Å²) in [6, 6.07) is 6.42. The summed E-state index contributed by atoms with van der Waals surface area (Å²) in [5.41, 5.74) is 4.92. The third-order valence-corrected chi connectivity index (χ3v) is 4.81. The van der Waals surface area contributed by atoms with Crippen molar-refractivity contribution in [2.24, 2.45) is 5.92 Å². The molecule has 0 saturated carbocycles. The maximum absolute atomic E-state index is 11.0. The number of nitrogens with zero attached hydrogens (tertiary/aromatic N) is 3. The van der Waals surface area contributed by atoms with E-state index in [0.29, 0.717) is 5.92 Å². The van der Waals surface area contributed by atoms with E-state index >= 15 is 0 Å². The summed E-state index contributed by atoms with van der Waals surface area (Å²) in [4.78, 5) is 13.5. The van der Waals surface area contributed by atoms with E-state index in [4.69, 9.17) is 0 Å². The molecule has 5 heteroatoms. The summed E-state index contributed by atoms with van der Waals surface area (Å²) in [5.74, 6) is 0.617. The van der Waals surface area contributed by atoms with E-state index in [-0.39, 0.29) is 5.91 Å². The third kappa shape index (κ3) is 4.03. The molecule has 1 aromatic carbocycles. The van der Waals surface area contributed by atoms with Crippen LogP contribution in [0.4, 0.5) is 0 Å². The van der Waals surface area contributed by atoms with E-state index in [1.54, 1.807) is 6.92 Å². The molecule has 1 fully saturated rings. The molecule has 1 amide bonds. The minimum atomic E-state index is 0.0584. The Bertz CT molecular complexity index is 722. The Labute approximate surface area is 143 Å². The summed E-state index contributed by atoms with van der Waals surface area (Å²) >= 11 is 0. The topological polar surface area (TPSA) is 50.2 Å². The zero-order chi connectivity index (χ0) is 17.1. The molecule has 1 N–H and O–H groups in total. The standard InChI is InChI=1S/C19H26N4O/c1-14-4-5-19(8-15(14)2)23-13-18(10-21-23)12-22-7-6-17(11-22)9-20-16(3)24/h4-5,8,10,13,17H,6-7,9,11-12H2,1-3H3,(H,20,24)/t17-/m0/s1. The molecule has 24 heavy (non-hydrogen) atoms. The van der Waals surface area contributed by atoms with Crippen molar-refractivity contribution in [2.45, 2.75) is 33.7 Å². The Morgan fingerprint density at radius 2 is 2.17 bits per heavy atom. The SMILES string of the molecule is CC(=O)NC[C@@H]1CCN(Cc2cnn(-c3ccc(C)c(C)c3)c2)C1. The molecule has 1 aliphatic heterocycles. The number of rotatable bonds is 5. The van der Waals surface area contributed by atoms with Crippen molar-refractivity contribution in [3.8, 4) is 5.69 Å². The number of benzene rings is 1. The van der Waals surface area contributed by atoms with E-state index in [1.807, 2.05) is 10.9 Å². The molecule has 0 unspecified atom stereocenters. The summed E-state index contributed by atoms with van der Waals surface area (Å²) in [6.07, 6.45) is 5.22. The van der Waals surface area contributed by atoms with Gasteiger partial charge in [-0.2, -0.15) is 5.10 Å². The van der Waals surface area contributed by atoms with Crippen molar-refractivity contribution < 1.29 is 4.79 Å². The van der Waals surface area contributed by atoms with Crippen LogP contribution in [0.3, 0.4) is 0 Å². The lowest BCUT2D eigenvalue weighted by atomic mass is 10.1. The Morgan fingerprint density at radius 3 is 2.92 bits per heavy atom. The first-order valence-corrected chi connectivity index (χ1v) is 8.59. The van der Waals surface area contributed by atoms with Gasteiger partial charge < -0.3 is 5.32 Å². The highest BCUT2D eigenvalue weighted by Gasteiger charge is 2.22. The highest BCUT2D eigenvalue weighted by Crippen LogP contribution is 2.19. The van der Waals surface area contributed by atoms with Crippen LogP contribution in [-0.2, 0) is 11.3 Å². The fourth-order valence-electron chi connectivity index (χ4n) is 3.22. The van der Waals surface area contributed by atoms with Gasteiger partial charge in [0.05, 0.1) is 11.9 Å². The van der Waals surface area contributed by atoms with Gasteiger partial charge in [-0.25, -0.2) is 4.68 Å². The highest BCUT2D eigenvalue weighted by molar-refractivity contribution is 5.72. The van der Waals surface area contributed by atoms with Crippen LogP contribution in [-0.4, -0.2) is 40.2 Å². The molecule has 0 bridgehead atoms. The number of carbonyl (C=O) groups excluding carboxylic acids is 1. The van der Waals surface area contributed by atoms with Gasteiger partial charge in [0, 0.05) is 38.3 Å². The smallest absolute Gasteiger partial charge is 0.216 e. The first kappa shape index (κ1) is 16.7. The third-order valence-electron chi connectivity index (χ3n) is 4.81. The van der Waals surface area contributed by atoms with Gasteiger partial charge >= 0.3 is 0 Å². The zero-order valence-corrected chi connectivity index (χ0v) is 14.7. The molecule has 3 rings (SSSR count). The molecule has 1 saturated heterocycles. The van der Waals surface area contributed by atoms with Gasteiger partial charge in [0.25, 0.3) is 0 Å². The fourth-order valence-corrected chi connectivity index (χ4v) is 3.22. The maximum atomic E-state index is 11.0. The molecule has 1 aliphatic rings. The highest BCUT2D eigenvalue weighted by atomic mass is 16.1. The first-order valence-electron chi connectivity index (χ1n) is 8.59. The second-order valence-electron chi connectivity index (χ2n) is 6.89. The van der Waals surface area contributed by atoms with Crippen molar-refractivity contribution in [2.75, 3.05) is 19.6 Å². The van der Waals surface area contributed by atoms with Crippen LogP contribution in [0.1, 0.15) is 30.0 Å². The van der Waals surface area contributed by atoms with Crippen LogP contribution in [0.5, 0.6) is 0 Å². The summed E-state index contributed by atoms with van der Waals surface area (Å²) in [6.45, 7) is 9.65. The van der Waals surface area contributed by atoms with Crippen molar-refractivity contribution in [1.82, 2.24) is 20.0 Å². The largest absolute Gasteiger partial charge is 0.356 e. The lowest BCUT2D eigenvalue weighted by Crippen LogP contribution is -2.29. The van der Waals surface area contributed by atoms with E-state index in [9.17, 15) is 4.79 Å². The Morgan fingerprint density at radius 1 is 1.33 bits per heavy atom. The lowest BCUT2D eigenvalue weighted by Gasteiger charge is -2.15. The Hall–Kier alpha value is -2.14. The predicted molar refractivity (Wildman–Crippen MR) is 95.1 cm³/mol. The maximum Gasteiger partial charge on any atom is 0.216 e. The van der Waals surface area contributed by atoms with Gasteiger partial charge in [-0.05, 0) is 56.0 Å². The average Bonchev–Trinajstić information content (AvgIpc) is 3.18. The minimum absolute atomic E-state index is 0.0584. The van der Waals surface area contributed by atoms with Gasteiger partial charge in [-0.15, -0.1) is 0 Å². The number of aromatic nitrogens is 2. The van der Waals surface area contributed by atoms with Gasteiger partial charge in [0.1, 0.15) is 0 Å². The van der Waals surface area contributed by atoms with Crippen molar-refractivity contribution in [3.63, 3.8) is 0 Å². The summed E-state index contributed by atoms with van der Waals surface area (Å²) in [5, 5.41) is 7.44. The van der Waals surface area contributed by atoms with Gasteiger partial charge in [0.15, 0.2) is 0 Å². The van der Waals surface area contributed by atoms with Crippen LogP contribution in [0.15, 0.2) is 30.6 Å². The van der Waals surface area contributed by atoms with Gasteiger partial charge in [-0.3, -0.25) is 9.69 Å². The number of nitrogens with one attached hydrogen (secondary N) is 1. The fraction of sp³-hybridized carbons (Fsp3) is 0.474. The quantitative estimate of drug-likeness (QED) is 0.918. The molecule has 5 nitrogen and oxygen atoms in total. The summed E-state index contributed by atoms with van der Waals surface area (Å²) in [7, 11) is 0. The van der Waals surface area contributed by atoms with Gasteiger partial charge in [-0.1, -0.05) is 6.07 Å². The molecule has 0 aliphatic carbocycles. The molecule has 128 valence electrons. The number of amides is 1. The van der Waals surface area contributed by atoms with Crippen LogP contribution in [0.25, 0.3) is 5.69 Å². The first-order chi connectivity index (χ1) is 11.5. The van der Waals surface area contributed by atoms with E-state index in [2.05, 4.69) is 53.6 Å². The molecule has 1 atom stereocenters. The van der Waals surface area contributed by atoms with E-state index in [0.717, 1.165) is 38.3 Å². The molecular weight excluding hydrogens is 300 g/mol. The monoisotopic (exact) mass is 326 g/mol. The number of hydrogen-bond acceptors (Lipinski definition) is 3. The van der Waals surface area contributed by atoms with Crippen molar-refractivity contribution >= 4 is 5.91 Å². The van der Waals surface area contributed by atoms with Crippen LogP contribution >= 0.6 is 0 Å². The Kier molecular flexibility index (Phi) is 5.00. The Balaban J connectivity index is 1.58. The zero-order valence-electron chi connectivity index (χ0n) is 14.7. The number of likely N-dealkylation sites (tertiary alicyclic amines) is 1. The normalized spacial score (nSPS) is 18.0. The van der Waals surface area contributed by atoms with E-state index < -0.39 is 0 Å². The van der Waals surface area contributed by atoms with Crippen LogP contribution in [0, 0.1) is 19.8 Å². The van der Waals surface area contributed by atoms with Crippen molar-refractivity contribution in [3.05, 3.63) is 47.3 Å². The lowest BCUT2D eigenvalue weighted by molar-refractivity contribution is -0.119.